The highest BCUT2D eigenvalue weighted by Gasteiger charge is 2.31. The Morgan fingerprint density at radius 2 is 1.62 bits per heavy atom. The smallest absolute Gasteiger partial charge is 0.322 e. The van der Waals surface area contributed by atoms with E-state index in [9.17, 15) is 18.0 Å². The molecule has 156 valence electrons. The quantitative estimate of drug-likeness (QED) is 0.684. The molecule has 29 heavy (non-hydrogen) atoms. The molecule has 0 aromatic heterocycles. The van der Waals surface area contributed by atoms with Crippen LogP contribution in [0.1, 0.15) is 22.8 Å². The average molecular weight is 424 g/mol. The second-order valence-corrected chi connectivity index (χ2v) is 8.01. The van der Waals surface area contributed by atoms with E-state index in [0.29, 0.717) is 5.69 Å². The number of hydrogen-bond acceptors (Lipinski definition) is 4. The van der Waals surface area contributed by atoms with Gasteiger partial charge in [0.25, 0.3) is 5.91 Å². The zero-order chi connectivity index (χ0) is 20.9. The number of rotatable bonds is 6. The maximum absolute atomic E-state index is 12.7. The first kappa shape index (κ1) is 21.7. The molecule has 0 radical (unpaired) electrons. The number of amides is 1. The number of nitrogens with zero attached hydrogens (tertiary/aromatic N) is 2. The van der Waals surface area contributed by atoms with Gasteiger partial charge in [0.1, 0.15) is 0 Å². The van der Waals surface area contributed by atoms with Gasteiger partial charge >= 0.3 is 5.51 Å². The first-order valence-electron chi connectivity index (χ1n) is 9.54. The molecular formula is C21H24F3N3OS. The van der Waals surface area contributed by atoms with E-state index in [0.717, 1.165) is 44.8 Å². The van der Waals surface area contributed by atoms with Gasteiger partial charge in [0, 0.05) is 43.3 Å². The second kappa shape index (κ2) is 9.65. The summed E-state index contributed by atoms with van der Waals surface area (Å²) in [6.07, 6.45) is 0. The fraction of sp³-hybridized carbons (Fsp3) is 0.381. The lowest BCUT2D eigenvalue weighted by Gasteiger charge is -2.34. The number of piperazine rings is 1. The van der Waals surface area contributed by atoms with Crippen molar-refractivity contribution >= 4 is 23.4 Å². The lowest BCUT2D eigenvalue weighted by Crippen LogP contribution is -2.45. The van der Waals surface area contributed by atoms with Crippen molar-refractivity contribution in [2.45, 2.75) is 23.9 Å². The molecule has 4 nitrogen and oxygen atoms in total. The Morgan fingerprint density at radius 3 is 2.24 bits per heavy atom. The first-order valence-corrected chi connectivity index (χ1v) is 10.4. The summed E-state index contributed by atoms with van der Waals surface area (Å²) < 4.78 is 38.1. The highest BCUT2D eigenvalue weighted by atomic mass is 32.2. The summed E-state index contributed by atoms with van der Waals surface area (Å²) in [5.41, 5.74) is -2.74. The molecule has 1 aliphatic heterocycles. The number of carbonyl (C=O) groups excluding carboxylic acids is 1. The minimum absolute atomic E-state index is 0.00713. The second-order valence-electron chi connectivity index (χ2n) is 6.91. The number of nitrogens with one attached hydrogen (secondary N) is 1. The van der Waals surface area contributed by atoms with Gasteiger partial charge in [-0.2, -0.15) is 13.2 Å². The lowest BCUT2D eigenvalue weighted by atomic mass is 10.1. The summed E-state index contributed by atoms with van der Waals surface area (Å²) in [5.74, 6) is -0.555. The van der Waals surface area contributed by atoms with Gasteiger partial charge in [-0.1, -0.05) is 31.2 Å². The van der Waals surface area contributed by atoms with E-state index < -0.39 is 11.4 Å². The van der Waals surface area contributed by atoms with Crippen LogP contribution in [0.25, 0.3) is 0 Å². The Hall–Kier alpha value is -2.03. The minimum atomic E-state index is -4.44. The summed E-state index contributed by atoms with van der Waals surface area (Å²) in [5, 5.41) is 2.69. The Morgan fingerprint density at radius 1 is 1.00 bits per heavy atom. The number of hydrogen-bond donors (Lipinski definition) is 1. The molecule has 1 N–H and O–H groups in total. The minimum Gasteiger partial charge on any atom is -0.322 e. The van der Waals surface area contributed by atoms with Crippen LogP contribution in [0.2, 0.25) is 0 Å². The Labute approximate surface area is 173 Å². The van der Waals surface area contributed by atoms with E-state index >= 15 is 0 Å². The molecule has 0 spiro atoms. The number of halogens is 3. The van der Waals surface area contributed by atoms with Crippen molar-refractivity contribution in [3.63, 3.8) is 0 Å². The van der Waals surface area contributed by atoms with Crippen molar-refractivity contribution in [2.24, 2.45) is 0 Å². The van der Waals surface area contributed by atoms with Crippen molar-refractivity contribution < 1.29 is 18.0 Å². The Balaban J connectivity index is 1.59. The standard InChI is InChI=1S/C21H24F3N3OS/c1-2-26-11-13-27(14-12-26)15-16-7-9-17(10-8-16)25-20(28)18-5-3-4-6-19(18)29-21(22,23)24/h3-10H,2,11-15H2,1H3,(H,25,28). The van der Waals surface area contributed by atoms with Gasteiger partial charge < -0.3 is 10.2 Å². The van der Waals surface area contributed by atoms with Crippen LogP contribution in [0.5, 0.6) is 0 Å². The summed E-state index contributed by atoms with van der Waals surface area (Å²) in [6, 6.07) is 13.2. The highest BCUT2D eigenvalue weighted by Crippen LogP contribution is 2.38. The fourth-order valence-corrected chi connectivity index (χ4v) is 3.95. The average Bonchev–Trinajstić information content (AvgIpc) is 2.69. The molecule has 0 saturated carbocycles. The molecule has 2 aromatic carbocycles. The summed E-state index contributed by atoms with van der Waals surface area (Å²) in [4.78, 5) is 17.2. The summed E-state index contributed by atoms with van der Waals surface area (Å²) >= 11 is -0.280. The van der Waals surface area contributed by atoms with Crippen LogP contribution in [-0.2, 0) is 6.54 Å². The zero-order valence-electron chi connectivity index (χ0n) is 16.2. The van der Waals surface area contributed by atoms with E-state index in [4.69, 9.17) is 0 Å². The third kappa shape index (κ3) is 6.48. The largest absolute Gasteiger partial charge is 0.446 e. The van der Waals surface area contributed by atoms with Gasteiger partial charge in [-0.25, -0.2) is 0 Å². The molecule has 2 aromatic rings. The molecule has 1 saturated heterocycles. The van der Waals surface area contributed by atoms with E-state index in [1.807, 2.05) is 12.1 Å². The lowest BCUT2D eigenvalue weighted by molar-refractivity contribution is -0.0328. The molecule has 0 aliphatic carbocycles. The normalized spacial score (nSPS) is 16.0. The van der Waals surface area contributed by atoms with Crippen LogP contribution in [0.4, 0.5) is 18.9 Å². The van der Waals surface area contributed by atoms with Gasteiger partial charge in [-0.15, -0.1) is 0 Å². The maximum atomic E-state index is 12.7. The van der Waals surface area contributed by atoms with Crippen molar-refractivity contribution in [3.8, 4) is 0 Å². The van der Waals surface area contributed by atoms with E-state index in [1.54, 1.807) is 18.2 Å². The van der Waals surface area contributed by atoms with E-state index in [1.165, 1.54) is 18.2 Å². The third-order valence-corrected chi connectivity index (χ3v) is 5.69. The Bertz CT molecular complexity index is 819. The van der Waals surface area contributed by atoms with Crippen LogP contribution in [0.15, 0.2) is 53.4 Å². The molecular weight excluding hydrogens is 399 g/mol. The van der Waals surface area contributed by atoms with Gasteiger partial charge in [-0.3, -0.25) is 9.69 Å². The van der Waals surface area contributed by atoms with E-state index in [2.05, 4.69) is 22.0 Å². The molecule has 3 rings (SSSR count). The van der Waals surface area contributed by atoms with Crippen molar-refractivity contribution in [3.05, 3.63) is 59.7 Å². The summed E-state index contributed by atoms with van der Waals surface area (Å²) in [7, 11) is 0. The molecule has 1 heterocycles. The first-order chi connectivity index (χ1) is 13.8. The number of benzene rings is 2. The number of thioether (sulfide) groups is 1. The van der Waals surface area contributed by atoms with Crippen molar-refractivity contribution in [2.75, 3.05) is 38.0 Å². The predicted molar refractivity (Wildman–Crippen MR) is 110 cm³/mol. The monoisotopic (exact) mass is 423 g/mol. The van der Waals surface area contributed by atoms with Crippen LogP contribution < -0.4 is 5.32 Å². The van der Waals surface area contributed by atoms with Gasteiger partial charge in [0.2, 0.25) is 0 Å². The number of carbonyl (C=O) groups is 1. The molecule has 1 amide bonds. The number of alkyl halides is 3. The van der Waals surface area contributed by atoms with E-state index in [-0.39, 0.29) is 22.2 Å². The topological polar surface area (TPSA) is 35.6 Å². The van der Waals surface area contributed by atoms with Crippen LogP contribution in [-0.4, -0.2) is 53.9 Å². The van der Waals surface area contributed by atoms with Gasteiger partial charge in [0.15, 0.2) is 0 Å². The van der Waals surface area contributed by atoms with Crippen LogP contribution in [0.3, 0.4) is 0 Å². The molecule has 1 fully saturated rings. The van der Waals surface area contributed by atoms with Crippen molar-refractivity contribution in [1.82, 2.24) is 9.80 Å². The molecule has 8 heteroatoms. The van der Waals surface area contributed by atoms with Crippen LogP contribution in [0, 0.1) is 0 Å². The van der Waals surface area contributed by atoms with Gasteiger partial charge in [-0.05, 0) is 48.1 Å². The molecule has 1 aliphatic rings. The number of likely N-dealkylation sites (N-methyl/N-ethyl adjacent to an activating group) is 1. The Kier molecular flexibility index (Phi) is 7.21. The highest BCUT2D eigenvalue weighted by molar-refractivity contribution is 8.00. The van der Waals surface area contributed by atoms with Crippen molar-refractivity contribution in [1.29, 1.82) is 0 Å². The SMILES string of the molecule is CCN1CCN(Cc2ccc(NC(=O)c3ccccc3SC(F)(F)F)cc2)CC1. The van der Waals surface area contributed by atoms with Gasteiger partial charge in [0.05, 0.1) is 5.56 Å². The van der Waals surface area contributed by atoms with Crippen LogP contribution >= 0.6 is 11.8 Å². The molecule has 0 unspecified atom stereocenters. The zero-order valence-corrected chi connectivity index (χ0v) is 17.0. The number of anilines is 1. The molecule has 0 bridgehead atoms. The predicted octanol–water partition coefficient (Wildman–Crippen LogP) is 4.69. The fourth-order valence-electron chi connectivity index (χ4n) is 3.28. The maximum Gasteiger partial charge on any atom is 0.446 e. The summed E-state index contributed by atoms with van der Waals surface area (Å²) in [6.45, 7) is 8.28. The third-order valence-electron chi connectivity index (χ3n) is 4.89. The molecule has 0 atom stereocenters.